The van der Waals surface area contributed by atoms with Crippen LogP contribution in [0.2, 0.25) is 0 Å². The molecule has 0 bridgehead atoms. The van der Waals surface area contributed by atoms with E-state index in [1.54, 1.807) is 0 Å². The van der Waals surface area contributed by atoms with Crippen LogP contribution in [0.4, 0.5) is 4.79 Å². The van der Waals surface area contributed by atoms with Crippen molar-refractivity contribution in [3.8, 4) is 0 Å². The van der Waals surface area contributed by atoms with Gasteiger partial charge in [-0.25, -0.2) is 4.79 Å². The van der Waals surface area contributed by atoms with Crippen LogP contribution >= 0.6 is 0 Å². The fraction of sp³-hybridized carbons (Fsp3) is 0.556. The van der Waals surface area contributed by atoms with Gasteiger partial charge in [0.15, 0.2) is 0 Å². The number of hydrogen-bond acceptors (Lipinski definition) is 3. The van der Waals surface area contributed by atoms with Crippen molar-refractivity contribution in [2.45, 2.75) is 50.7 Å². The molecule has 0 aliphatic heterocycles. The first-order valence-corrected chi connectivity index (χ1v) is 8.30. The number of nitrogens with one attached hydrogen (secondary N) is 1. The highest BCUT2D eigenvalue weighted by molar-refractivity contribution is 5.73. The van der Waals surface area contributed by atoms with Crippen molar-refractivity contribution < 1.29 is 19.4 Å². The van der Waals surface area contributed by atoms with Gasteiger partial charge < -0.3 is 15.2 Å². The third kappa shape index (κ3) is 3.49. The maximum Gasteiger partial charge on any atom is 0.407 e. The fourth-order valence-corrected chi connectivity index (χ4v) is 4.26. The van der Waals surface area contributed by atoms with Crippen molar-refractivity contribution in [3.05, 3.63) is 35.9 Å². The molecule has 2 aliphatic carbocycles. The van der Waals surface area contributed by atoms with E-state index in [1.165, 1.54) is 6.42 Å². The van der Waals surface area contributed by atoms with Crippen molar-refractivity contribution in [2.75, 3.05) is 0 Å². The molecular weight excluding hydrogens is 294 g/mol. The first-order chi connectivity index (χ1) is 11.1. The number of aliphatic carboxylic acids is 1. The number of rotatable bonds is 5. The average molecular weight is 317 g/mol. The largest absolute Gasteiger partial charge is 0.481 e. The van der Waals surface area contributed by atoms with Crippen LogP contribution in [-0.4, -0.2) is 22.7 Å². The maximum atomic E-state index is 12.2. The van der Waals surface area contributed by atoms with Crippen LogP contribution in [0.3, 0.4) is 0 Å². The highest BCUT2D eigenvalue weighted by atomic mass is 16.5. The lowest BCUT2D eigenvalue weighted by Crippen LogP contribution is -2.65. The molecule has 2 saturated carbocycles. The summed E-state index contributed by atoms with van der Waals surface area (Å²) in [6.45, 7) is 0.198. The van der Waals surface area contributed by atoms with Crippen molar-refractivity contribution >= 4 is 12.1 Å². The van der Waals surface area contributed by atoms with Gasteiger partial charge in [-0.05, 0) is 30.2 Å². The minimum atomic E-state index is -0.864. The Balaban J connectivity index is 1.60. The summed E-state index contributed by atoms with van der Waals surface area (Å²) in [4.78, 5) is 23.4. The Morgan fingerprint density at radius 2 is 1.96 bits per heavy atom. The van der Waals surface area contributed by atoms with Crippen molar-refractivity contribution in [2.24, 2.45) is 11.8 Å². The number of carbonyl (C=O) groups excluding carboxylic acids is 1. The van der Waals surface area contributed by atoms with Crippen molar-refractivity contribution in [3.63, 3.8) is 0 Å². The minimum absolute atomic E-state index is 0.0192. The number of carbonyl (C=O) groups is 2. The quantitative estimate of drug-likeness (QED) is 0.873. The summed E-state index contributed by atoms with van der Waals surface area (Å²) in [5, 5.41) is 12.1. The number of carboxylic acid groups (broad SMARTS) is 1. The van der Waals surface area contributed by atoms with Crippen LogP contribution in [0, 0.1) is 11.8 Å². The third-order valence-corrected chi connectivity index (χ3v) is 5.28. The molecule has 5 nitrogen and oxygen atoms in total. The molecule has 5 heteroatoms. The molecule has 124 valence electrons. The molecule has 1 amide bonds. The second-order valence-electron chi connectivity index (χ2n) is 6.77. The summed E-state index contributed by atoms with van der Waals surface area (Å²) in [5.41, 5.74) is 0.295. The number of ether oxygens (including phenoxy) is 1. The van der Waals surface area contributed by atoms with Crippen molar-refractivity contribution in [1.29, 1.82) is 0 Å². The Kier molecular flexibility index (Phi) is 4.55. The summed E-state index contributed by atoms with van der Waals surface area (Å²) in [6.07, 6.45) is 4.69. The zero-order valence-corrected chi connectivity index (χ0v) is 13.2. The van der Waals surface area contributed by atoms with Gasteiger partial charge in [0.25, 0.3) is 0 Å². The molecule has 23 heavy (non-hydrogen) atoms. The van der Waals surface area contributed by atoms with Gasteiger partial charge in [0.05, 0.1) is 12.0 Å². The van der Waals surface area contributed by atoms with Gasteiger partial charge in [0, 0.05) is 0 Å². The Labute approximate surface area is 136 Å². The van der Waals surface area contributed by atoms with Gasteiger partial charge in [0.2, 0.25) is 0 Å². The number of benzene rings is 1. The van der Waals surface area contributed by atoms with E-state index in [0.717, 1.165) is 31.2 Å². The summed E-state index contributed by atoms with van der Waals surface area (Å²) in [7, 11) is 0. The summed E-state index contributed by atoms with van der Waals surface area (Å²) < 4.78 is 5.28. The van der Waals surface area contributed by atoms with E-state index in [0.29, 0.717) is 5.92 Å². The minimum Gasteiger partial charge on any atom is -0.481 e. The fourth-order valence-electron chi connectivity index (χ4n) is 4.26. The first-order valence-electron chi connectivity index (χ1n) is 8.30. The Bertz CT molecular complexity index is 574. The van der Waals surface area contributed by atoms with E-state index in [1.807, 2.05) is 30.3 Å². The topological polar surface area (TPSA) is 75.6 Å². The number of carboxylic acids is 1. The highest BCUT2D eigenvalue weighted by Crippen LogP contribution is 2.53. The molecule has 1 aromatic rings. The van der Waals surface area contributed by atoms with E-state index in [2.05, 4.69) is 5.32 Å². The van der Waals surface area contributed by atoms with Gasteiger partial charge in [-0.15, -0.1) is 0 Å². The molecule has 0 heterocycles. The molecule has 0 aromatic heterocycles. The van der Waals surface area contributed by atoms with Gasteiger partial charge in [-0.3, -0.25) is 4.79 Å². The third-order valence-electron chi connectivity index (χ3n) is 5.28. The van der Waals surface area contributed by atoms with E-state index in [4.69, 9.17) is 4.74 Å². The van der Waals surface area contributed by atoms with Gasteiger partial charge in [0.1, 0.15) is 6.61 Å². The second kappa shape index (κ2) is 6.60. The zero-order valence-electron chi connectivity index (χ0n) is 13.2. The number of fused-ring (bicyclic) bond motifs is 1. The molecule has 3 rings (SSSR count). The highest BCUT2D eigenvalue weighted by Gasteiger charge is 2.56. The SMILES string of the molecule is O=C(O)CC1(NC(=O)OCc2ccccc2)CC2CCCCC21. The molecule has 3 atom stereocenters. The lowest BCUT2D eigenvalue weighted by Gasteiger charge is -2.57. The molecule has 0 radical (unpaired) electrons. The number of hydrogen-bond donors (Lipinski definition) is 2. The van der Waals surface area contributed by atoms with Crippen LogP contribution in [0.15, 0.2) is 30.3 Å². The molecule has 0 spiro atoms. The van der Waals surface area contributed by atoms with Crippen LogP contribution in [-0.2, 0) is 16.1 Å². The van der Waals surface area contributed by atoms with Crippen LogP contribution < -0.4 is 5.32 Å². The molecule has 2 N–H and O–H groups in total. The second-order valence-corrected chi connectivity index (χ2v) is 6.77. The van der Waals surface area contributed by atoms with E-state index < -0.39 is 17.6 Å². The molecule has 2 fully saturated rings. The van der Waals surface area contributed by atoms with E-state index in [-0.39, 0.29) is 18.9 Å². The lowest BCUT2D eigenvalue weighted by atomic mass is 9.53. The van der Waals surface area contributed by atoms with Crippen molar-refractivity contribution in [1.82, 2.24) is 5.32 Å². The standard InChI is InChI=1S/C18H23NO4/c20-16(21)11-18(10-14-8-4-5-9-15(14)18)19-17(22)23-12-13-6-2-1-3-7-13/h1-3,6-7,14-15H,4-5,8-12H2,(H,19,22)(H,20,21). The van der Waals surface area contributed by atoms with Gasteiger partial charge in [-0.1, -0.05) is 49.6 Å². The Hall–Kier alpha value is -2.04. The van der Waals surface area contributed by atoms with Crippen LogP contribution in [0.25, 0.3) is 0 Å². The lowest BCUT2D eigenvalue weighted by molar-refractivity contribution is -0.143. The molecule has 0 saturated heterocycles. The molecular formula is C18H23NO4. The predicted octanol–water partition coefficient (Wildman–Crippen LogP) is 3.34. The van der Waals surface area contributed by atoms with Crippen LogP contribution in [0.1, 0.15) is 44.1 Å². The monoisotopic (exact) mass is 317 g/mol. The smallest absolute Gasteiger partial charge is 0.407 e. The number of amides is 1. The van der Waals surface area contributed by atoms with E-state index >= 15 is 0 Å². The van der Waals surface area contributed by atoms with E-state index in [9.17, 15) is 14.7 Å². The normalized spacial score (nSPS) is 29.0. The zero-order chi connectivity index (χ0) is 16.3. The average Bonchev–Trinajstić information content (AvgIpc) is 2.52. The number of alkyl carbamates (subject to hydrolysis) is 1. The predicted molar refractivity (Wildman–Crippen MR) is 84.8 cm³/mol. The Morgan fingerprint density at radius 3 is 2.65 bits per heavy atom. The Morgan fingerprint density at radius 1 is 1.22 bits per heavy atom. The first kappa shape index (κ1) is 15.8. The van der Waals surface area contributed by atoms with Crippen LogP contribution in [0.5, 0.6) is 0 Å². The molecule has 3 unspecified atom stereocenters. The molecule has 1 aromatic carbocycles. The molecule has 2 aliphatic rings. The van der Waals surface area contributed by atoms with Gasteiger partial charge in [-0.2, -0.15) is 0 Å². The summed E-state index contributed by atoms with van der Waals surface area (Å²) in [5.74, 6) is -0.0356. The maximum absolute atomic E-state index is 12.2. The van der Waals surface area contributed by atoms with Gasteiger partial charge >= 0.3 is 12.1 Å². The summed E-state index contributed by atoms with van der Waals surface area (Å²) in [6, 6.07) is 9.47. The summed E-state index contributed by atoms with van der Waals surface area (Å²) >= 11 is 0.